The number of nitrogens with one attached hydrogen (secondary N) is 1. The van der Waals surface area contributed by atoms with Gasteiger partial charge in [0.2, 0.25) is 5.91 Å². The summed E-state index contributed by atoms with van der Waals surface area (Å²) in [5, 5.41) is 3.09. The summed E-state index contributed by atoms with van der Waals surface area (Å²) in [5.41, 5.74) is 8.11. The van der Waals surface area contributed by atoms with Gasteiger partial charge in [-0.15, -0.1) is 0 Å². The van der Waals surface area contributed by atoms with Crippen molar-refractivity contribution in [3.63, 3.8) is 0 Å². The van der Waals surface area contributed by atoms with Gasteiger partial charge in [-0.2, -0.15) is 0 Å². The average molecular weight is 320 g/mol. The molecule has 3 N–H and O–H groups in total. The summed E-state index contributed by atoms with van der Waals surface area (Å²) in [6.07, 6.45) is 1.91. The van der Waals surface area contributed by atoms with E-state index >= 15 is 0 Å². The number of aryl methyl sites for hydroxylation is 1. The minimum absolute atomic E-state index is 0.0123. The molecule has 1 fully saturated rings. The summed E-state index contributed by atoms with van der Waals surface area (Å²) >= 11 is 0. The second-order valence-corrected chi connectivity index (χ2v) is 6.28. The normalized spacial score (nSPS) is 18.4. The molecule has 1 heterocycles. The Morgan fingerprint density at radius 1 is 1.39 bits per heavy atom. The summed E-state index contributed by atoms with van der Waals surface area (Å²) in [7, 11) is 1.58. The predicted molar refractivity (Wildman–Crippen MR) is 90.4 cm³/mol. The van der Waals surface area contributed by atoms with E-state index < -0.39 is 0 Å². The van der Waals surface area contributed by atoms with Crippen LogP contribution in [0.3, 0.4) is 0 Å². The number of hydrogen-bond acceptors (Lipinski definition) is 4. The first-order chi connectivity index (χ1) is 11.1. The molecule has 0 spiro atoms. The molecule has 1 aromatic rings. The standard InChI is InChI=1S/C18H28N2O3/c1-14-5-3-4-6-16(14)18(7-9-23-10-8-18)13-20-17(21)11-15(12-19)22-2/h3-6,15H,7-13,19H2,1-2H3,(H,20,21). The lowest BCUT2D eigenvalue weighted by atomic mass is 9.72. The van der Waals surface area contributed by atoms with E-state index in [0.717, 1.165) is 26.1 Å². The lowest BCUT2D eigenvalue weighted by Gasteiger charge is -2.39. The number of amides is 1. The molecule has 0 aromatic heterocycles. The molecular weight excluding hydrogens is 292 g/mol. The van der Waals surface area contributed by atoms with Crippen LogP contribution >= 0.6 is 0 Å². The van der Waals surface area contributed by atoms with E-state index in [4.69, 9.17) is 15.2 Å². The topological polar surface area (TPSA) is 73.6 Å². The molecule has 0 saturated carbocycles. The van der Waals surface area contributed by atoms with Crippen LogP contribution in [0.15, 0.2) is 24.3 Å². The zero-order valence-corrected chi connectivity index (χ0v) is 14.1. The Morgan fingerprint density at radius 3 is 2.70 bits per heavy atom. The summed E-state index contributed by atoms with van der Waals surface area (Å²) in [4.78, 5) is 12.2. The van der Waals surface area contributed by atoms with Crippen LogP contribution in [-0.4, -0.2) is 45.4 Å². The highest BCUT2D eigenvalue weighted by molar-refractivity contribution is 5.76. The first-order valence-electron chi connectivity index (χ1n) is 8.25. The molecule has 5 heteroatoms. The Hall–Kier alpha value is -1.43. The Kier molecular flexibility index (Phi) is 6.57. The van der Waals surface area contributed by atoms with Gasteiger partial charge in [0, 0.05) is 38.8 Å². The maximum Gasteiger partial charge on any atom is 0.222 e. The molecule has 1 unspecified atom stereocenters. The monoisotopic (exact) mass is 320 g/mol. The number of carbonyl (C=O) groups is 1. The predicted octanol–water partition coefficient (Wildman–Crippen LogP) is 1.52. The summed E-state index contributed by atoms with van der Waals surface area (Å²) in [5.74, 6) is -0.0123. The Labute approximate surface area is 138 Å². The molecule has 23 heavy (non-hydrogen) atoms. The lowest BCUT2D eigenvalue weighted by molar-refractivity contribution is -0.123. The Balaban J connectivity index is 2.08. The first kappa shape index (κ1) is 17.9. The van der Waals surface area contributed by atoms with Gasteiger partial charge in [-0.1, -0.05) is 24.3 Å². The van der Waals surface area contributed by atoms with Crippen LogP contribution in [0.4, 0.5) is 0 Å². The highest BCUT2D eigenvalue weighted by Gasteiger charge is 2.35. The molecule has 1 saturated heterocycles. The highest BCUT2D eigenvalue weighted by Crippen LogP contribution is 2.36. The molecule has 128 valence electrons. The largest absolute Gasteiger partial charge is 0.381 e. The molecule has 0 aliphatic carbocycles. The van der Waals surface area contributed by atoms with E-state index in [1.165, 1.54) is 11.1 Å². The number of carbonyl (C=O) groups excluding carboxylic acids is 1. The fourth-order valence-corrected chi connectivity index (χ4v) is 3.28. The molecule has 1 atom stereocenters. The van der Waals surface area contributed by atoms with Crippen molar-refractivity contribution in [3.8, 4) is 0 Å². The summed E-state index contributed by atoms with van der Waals surface area (Å²) < 4.78 is 10.7. The summed E-state index contributed by atoms with van der Waals surface area (Å²) in [6, 6.07) is 8.42. The summed E-state index contributed by atoms with van der Waals surface area (Å²) in [6.45, 7) is 4.56. The van der Waals surface area contributed by atoms with E-state index in [-0.39, 0.29) is 17.4 Å². The number of nitrogens with two attached hydrogens (primary N) is 1. The van der Waals surface area contributed by atoms with Gasteiger partial charge >= 0.3 is 0 Å². The maximum atomic E-state index is 12.2. The zero-order valence-electron chi connectivity index (χ0n) is 14.1. The average Bonchev–Trinajstić information content (AvgIpc) is 2.59. The number of hydrogen-bond donors (Lipinski definition) is 2. The van der Waals surface area contributed by atoms with Crippen LogP contribution in [0.2, 0.25) is 0 Å². The van der Waals surface area contributed by atoms with Crippen LogP contribution in [-0.2, 0) is 19.7 Å². The van der Waals surface area contributed by atoms with E-state index in [0.29, 0.717) is 19.5 Å². The molecular formula is C18H28N2O3. The number of benzene rings is 1. The van der Waals surface area contributed by atoms with Gasteiger partial charge in [-0.25, -0.2) is 0 Å². The first-order valence-corrected chi connectivity index (χ1v) is 8.25. The molecule has 5 nitrogen and oxygen atoms in total. The lowest BCUT2D eigenvalue weighted by Crippen LogP contribution is -2.45. The molecule has 1 amide bonds. The van der Waals surface area contributed by atoms with Crippen LogP contribution in [0.25, 0.3) is 0 Å². The second-order valence-electron chi connectivity index (χ2n) is 6.28. The van der Waals surface area contributed by atoms with Gasteiger partial charge in [-0.05, 0) is 30.9 Å². The number of methoxy groups -OCH3 is 1. The maximum absolute atomic E-state index is 12.2. The third-order valence-electron chi connectivity index (χ3n) is 4.80. The van der Waals surface area contributed by atoms with Crippen LogP contribution in [0.1, 0.15) is 30.4 Å². The third kappa shape index (κ3) is 4.53. The van der Waals surface area contributed by atoms with Gasteiger partial charge in [0.1, 0.15) is 0 Å². The molecule has 1 aromatic carbocycles. The van der Waals surface area contributed by atoms with Gasteiger partial charge in [0.15, 0.2) is 0 Å². The second kappa shape index (κ2) is 8.43. The van der Waals surface area contributed by atoms with Crippen molar-refractivity contribution in [2.75, 3.05) is 33.4 Å². The fraction of sp³-hybridized carbons (Fsp3) is 0.611. The zero-order chi connectivity index (χ0) is 16.7. The Morgan fingerprint density at radius 2 is 2.09 bits per heavy atom. The van der Waals surface area contributed by atoms with Crippen LogP contribution in [0, 0.1) is 6.92 Å². The van der Waals surface area contributed by atoms with Crippen molar-refractivity contribution in [3.05, 3.63) is 35.4 Å². The molecule has 1 aliphatic rings. The van der Waals surface area contributed by atoms with E-state index in [9.17, 15) is 4.79 Å². The van der Waals surface area contributed by atoms with Gasteiger partial charge in [0.25, 0.3) is 0 Å². The molecule has 0 radical (unpaired) electrons. The SMILES string of the molecule is COC(CN)CC(=O)NCC1(c2ccccc2C)CCOCC1. The van der Waals surface area contributed by atoms with Crippen molar-refractivity contribution in [1.82, 2.24) is 5.32 Å². The van der Waals surface area contributed by atoms with Crippen LogP contribution in [0.5, 0.6) is 0 Å². The molecule has 0 bridgehead atoms. The minimum Gasteiger partial charge on any atom is -0.381 e. The number of rotatable bonds is 7. The van der Waals surface area contributed by atoms with Crippen molar-refractivity contribution < 1.29 is 14.3 Å². The molecule has 2 rings (SSSR count). The van der Waals surface area contributed by atoms with Gasteiger partial charge in [-0.3, -0.25) is 4.79 Å². The highest BCUT2D eigenvalue weighted by atomic mass is 16.5. The third-order valence-corrected chi connectivity index (χ3v) is 4.80. The fourth-order valence-electron chi connectivity index (χ4n) is 3.28. The smallest absolute Gasteiger partial charge is 0.222 e. The van der Waals surface area contributed by atoms with Crippen molar-refractivity contribution in [2.45, 2.75) is 37.7 Å². The Bertz CT molecular complexity index is 509. The van der Waals surface area contributed by atoms with Gasteiger partial charge < -0.3 is 20.5 Å². The van der Waals surface area contributed by atoms with Gasteiger partial charge in [0.05, 0.1) is 12.5 Å². The number of ether oxygens (including phenoxy) is 2. The van der Waals surface area contributed by atoms with Crippen molar-refractivity contribution in [1.29, 1.82) is 0 Å². The van der Waals surface area contributed by atoms with Crippen molar-refractivity contribution in [2.24, 2.45) is 5.73 Å². The molecule has 1 aliphatic heterocycles. The minimum atomic E-state index is -0.223. The van der Waals surface area contributed by atoms with E-state index in [2.05, 4.69) is 36.5 Å². The van der Waals surface area contributed by atoms with E-state index in [1.807, 2.05) is 0 Å². The van der Waals surface area contributed by atoms with Crippen molar-refractivity contribution >= 4 is 5.91 Å². The van der Waals surface area contributed by atoms with E-state index in [1.54, 1.807) is 7.11 Å². The quantitative estimate of drug-likeness (QED) is 0.799. The van der Waals surface area contributed by atoms with Crippen LogP contribution < -0.4 is 11.1 Å².